The molecule has 3 aromatic rings. The Kier molecular flexibility index (Phi) is 7.66. The van der Waals surface area contributed by atoms with Crippen LogP contribution in [-0.2, 0) is 4.79 Å². The van der Waals surface area contributed by atoms with Gasteiger partial charge in [-0.3, -0.25) is 4.79 Å². The Balaban J connectivity index is 1.68. The smallest absolute Gasteiger partial charge is 0.164 e. The number of carbonyl (C=O) groups excluding carboxylic acids is 1. The van der Waals surface area contributed by atoms with E-state index in [1.165, 1.54) is 12.1 Å². The van der Waals surface area contributed by atoms with E-state index < -0.39 is 6.10 Å². The SMILES string of the molecule is CC(NCCC(=O)/C(=C/c1cccc(F)c1)c1ccccc1)C(O)c1ccccc1. The zero-order valence-corrected chi connectivity index (χ0v) is 17.0. The number of Topliss-reactive ketones (excluding diaryl/α,β-unsaturated/α-hetero) is 1. The van der Waals surface area contributed by atoms with Crippen LogP contribution in [0.1, 0.15) is 36.1 Å². The topological polar surface area (TPSA) is 49.3 Å². The quantitative estimate of drug-likeness (QED) is 0.389. The Labute approximate surface area is 176 Å². The van der Waals surface area contributed by atoms with Gasteiger partial charge in [-0.15, -0.1) is 0 Å². The second-order valence-corrected chi connectivity index (χ2v) is 7.25. The number of carbonyl (C=O) groups is 1. The van der Waals surface area contributed by atoms with Crippen molar-refractivity contribution in [2.24, 2.45) is 0 Å². The number of hydrogen-bond acceptors (Lipinski definition) is 3. The largest absolute Gasteiger partial charge is 0.387 e. The van der Waals surface area contributed by atoms with E-state index in [-0.39, 0.29) is 24.1 Å². The molecule has 154 valence electrons. The van der Waals surface area contributed by atoms with Crippen LogP contribution in [-0.4, -0.2) is 23.5 Å². The Hall–Kier alpha value is -3.08. The Bertz CT molecular complexity index is 986. The molecule has 30 heavy (non-hydrogen) atoms. The number of hydrogen-bond donors (Lipinski definition) is 2. The van der Waals surface area contributed by atoms with Crippen LogP contribution in [0.2, 0.25) is 0 Å². The molecule has 2 N–H and O–H groups in total. The lowest BCUT2D eigenvalue weighted by molar-refractivity contribution is -0.113. The second-order valence-electron chi connectivity index (χ2n) is 7.25. The zero-order chi connectivity index (χ0) is 21.3. The lowest BCUT2D eigenvalue weighted by atomic mass is 9.97. The summed E-state index contributed by atoms with van der Waals surface area (Å²) in [5.74, 6) is -0.381. The van der Waals surface area contributed by atoms with Crippen LogP contribution in [0.25, 0.3) is 11.6 Å². The van der Waals surface area contributed by atoms with Gasteiger partial charge in [0.25, 0.3) is 0 Å². The van der Waals surface area contributed by atoms with E-state index >= 15 is 0 Å². The van der Waals surface area contributed by atoms with Crippen LogP contribution < -0.4 is 5.32 Å². The number of ketones is 1. The third-order valence-corrected chi connectivity index (χ3v) is 4.98. The molecule has 0 saturated heterocycles. The number of aliphatic hydroxyl groups excluding tert-OH is 1. The number of halogens is 1. The Morgan fingerprint density at radius 1 is 1.00 bits per heavy atom. The first-order valence-electron chi connectivity index (χ1n) is 10.1. The van der Waals surface area contributed by atoms with E-state index in [9.17, 15) is 14.3 Å². The normalized spacial score (nSPS) is 13.6. The van der Waals surface area contributed by atoms with Crippen molar-refractivity contribution < 1.29 is 14.3 Å². The molecular weight excluding hydrogens is 377 g/mol. The van der Waals surface area contributed by atoms with Crippen molar-refractivity contribution in [1.29, 1.82) is 0 Å². The van der Waals surface area contributed by atoms with Gasteiger partial charge in [-0.05, 0) is 41.8 Å². The van der Waals surface area contributed by atoms with Gasteiger partial charge in [-0.2, -0.15) is 0 Å². The van der Waals surface area contributed by atoms with E-state index in [0.29, 0.717) is 17.7 Å². The molecule has 0 saturated carbocycles. The minimum absolute atomic E-state index is 0.0423. The number of nitrogens with one attached hydrogen (secondary N) is 1. The van der Waals surface area contributed by atoms with Crippen molar-refractivity contribution in [3.63, 3.8) is 0 Å². The van der Waals surface area contributed by atoms with Crippen molar-refractivity contribution in [2.45, 2.75) is 25.5 Å². The predicted molar refractivity (Wildman–Crippen MR) is 119 cm³/mol. The van der Waals surface area contributed by atoms with Crippen molar-refractivity contribution in [3.8, 4) is 0 Å². The highest BCUT2D eigenvalue weighted by Gasteiger charge is 2.17. The molecule has 3 rings (SSSR count). The summed E-state index contributed by atoms with van der Waals surface area (Å²) in [6, 6.07) is 24.8. The standard InChI is InChI=1S/C26H26FNO2/c1-19(26(30)22-12-6-3-7-13-22)28-16-15-25(29)24(21-10-4-2-5-11-21)18-20-9-8-14-23(27)17-20/h2-14,17-19,26,28,30H,15-16H2,1H3/b24-18+. The lowest BCUT2D eigenvalue weighted by Gasteiger charge is -2.20. The van der Waals surface area contributed by atoms with E-state index in [1.807, 2.05) is 67.6 Å². The third-order valence-electron chi connectivity index (χ3n) is 4.98. The molecular formula is C26H26FNO2. The third kappa shape index (κ3) is 5.96. The zero-order valence-electron chi connectivity index (χ0n) is 17.0. The van der Waals surface area contributed by atoms with Gasteiger partial charge in [0.1, 0.15) is 5.82 Å². The molecule has 3 nitrogen and oxygen atoms in total. The van der Waals surface area contributed by atoms with Crippen molar-refractivity contribution in [3.05, 3.63) is 107 Å². The maximum Gasteiger partial charge on any atom is 0.164 e. The monoisotopic (exact) mass is 403 g/mol. The minimum atomic E-state index is -0.655. The highest BCUT2D eigenvalue weighted by Crippen LogP contribution is 2.21. The fourth-order valence-corrected chi connectivity index (χ4v) is 3.30. The first-order chi connectivity index (χ1) is 14.5. The Morgan fingerprint density at radius 3 is 2.33 bits per heavy atom. The fraction of sp³-hybridized carbons (Fsp3) is 0.192. The van der Waals surface area contributed by atoms with Crippen LogP contribution in [0.5, 0.6) is 0 Å². The summed E-state index contributed by atoms with van der Waals surface area (Å²) in [4.78, 5) is 13.0. The molecule has 0 spiro atoms. The maximum atomic E-state index is 13.6. The molecule has 0 heterocycles. The van der Waals surface area contributed by atoms with Crippen LogP contribution in [0.4, 0.5) is 4.39 Å². The number of benzene rings is 3. The average molecular weight is 403 g/mol. The summed E-state index contributed by atoms with van der Waals surface area (Å²) in [5, 5.41) is 13.7. The highest BCUT2D eigenvalue weighted by atomic mass is 19.1. The summed E-state index contributed by atoms with van der Waals surface area (Å²) in [6.07, 6.45) is 1.34. The molecule has 4 heteroatoms. The van der Waals surface area contributed by atoms with Crippen LogP contribution in [0, 0.1) is 5.82 Å². The van der Waals surface area contributed by atoms with Crippen LogP contribution >= 0.6 is 0 Å². The summed E-state index contributed by atoms with van der Waals surface area (Å²) in [7, 11) is 0. The number of aliphatic hydroxyl groups is 1. The molecule has 0 fully saturated rings. The van der Waals surface area contributed by atoms with Gasteiger partial charge in [-0.1, -0.05) is 72.8 Å². The molecule has 0 amide bonds. The first kappa shape index (κ1) is 21.6. The molecule has 0 aliphatic heterocycles. The summed E-state index contributed by atoms with van der Waals surface area (Å²) >= 11 is 0. The van der Waals surface area contributed by atoms with Gasteiger partial charge < -0.3 is 10.4 Å². The van der Waals surface area contributed by atoms with E-state index in [0.717, 1.165) is 11.1 Å². The van der Waals surface area contributed by atoms with Gasteiger partial charge in [0.2, 0.25) is 0 Å². The van der Waals surface area contributed by atoms with Crippen molar-refractivity contribution >= 4 is 17.4 Å². The van der Waals surface area contributed by atoms with Crippen LogP contribution in [0.15, 0.2) is 84.9 Å². The number of rotatable bonds is 9. The van der Waals surface area contributed by atoms with E-state index in [2.05, 4.69) is 5.32 Å². The van der Waals surface area contributed by atoms with E-state index in [1.54, 1.807) is 18.2 Å². The molecule has 2 atom stereocenters. The molecule has 0 aromatic heterocycles. The molecule has 2 unspecified atom stereocenters. The molecule has 0 bridgehead atoms. The second kappa shape index (κ2) is 10.6. The van der Waals surface area contributed by atoms with Gasteiger partial charge in [0.15, 0.2) is 5.78 Å². The average Bonchev–Trinajstić information content (AvgIpc) is 2.78. The highest BCUT2D eigenvalue weighted by molar-refractivity contribution is 6.25. The summed E-state index contributed by atoms with van der Waals surface area (Å²) < 4.78 is 13.6. The molecule has 0 radical (unpaired) electrons. The van der Waals surface area contributed by atoms with Crippen LogP contribution in [0.3, 0.4) is 0 Å². The van der Waals surface area contributed by atoms with Gasteiger partial charge >= 0.3 is 0 Å². The molecule has 0 aliphatic carbocycles. The van der Waals surface area contributed by atoms with Crippen molar-refractivity contribution in [1.82, 2.24) is 5.32 Å². The first-order valence-corrected chi connectivity index (χ1v) is 10.1. The molecule has 0 aliphatic rings. The predicted octanol–water partition coefficient (Wildman–Crippen LogP) is 5.04. The van der Waals surface area contributed by atoms with Gasteiger partial charge in [0, 0.05) is 24.6 Å². The fourth-order valence-electron chi connectivity index (χ4n) is 3.30. The van der Waals surface area contributed by atoms with E-state index in [4.69, 9.17) is 0 Å². The summed E-state index contributed by atoms with van der Waals surface area (Å²) in [5.41, 5.74) is 2.81. The molecule has 3 aromatic carbocycles. The lowest BCUT2D eigenvalue weighted by Crippen LogP contribution is -2.33. The van der Waals surface area contributed by atoms with Crippen molar-refractivity contribution in [2.75, 3.05) is 6.54 Å². The Morgan fingerprint density at radius 2 is 1.67 bits per heavy atom. The summed E-state index contributed by atoms with van der Waals surface area (Å²) in [6.45, 7) is 2.32. The van der Waals surface area contributed by atoms with Gasteiger partial charge in [-0.25, -0.2) is 4.39 Å². The maximum absolute atomic E-state index is 13.6. The minimum Gasteiger partial charge on any atom is -0.387 e. The van der Waals surface area contributed by atoms with Gasteiger partial charge in [0.05, 0.1) is 6.10 Å². The number of allylic oxidation sites excluding steroid dienone is 1.